The van der Waals surface area contributed by atoms with Crippen LogP contribution in [0.15, 0.2) is 29.8 Å². The van der Waals surface area contributed by atoms with Crippen LogP contribution >= 0.6 is 11.3 Å². The van der Waals surface area contributed by atoms with Crippen molar-refractivity contribution in [2.24, 2.45) is 17.8 Å². The number of Topliss-reactive ketones (excluding diaryl/α,β-unsaturated/α-hetero) is 1. The average Bonchev–Trinajstić information content (AvgIpc) is 2.94. The number of thiophene rings is 1. The number of ketones is 1. The number of aromatic nitrogens is 1. The highest BCUT2D eigenvalue weighted by atomic mass is 32.1. The fourth-order valence-corrected chi connectivity index (χ4v) is 4.79. The molecule has 3 rings (SSSR count). The van der Waals surface area contributed by atoms with E-state index in [1.165, 1.54) is 21.6 Å². The number of carbonyl (C=O) groups excluding carboxylic acids is 1. The lowest BCUT2D eigenvalue weighted by atomic mass is 9.84. The van der Waals surface area contributed by atoms with Crippen molar-refractivity contribution >= 4 is 23.2 Å². The van der Waals surface area contributed by atoms with E-state index in [4.69, 9.17) is 4.98 Å². The van der Waals surface area contributed by atoms with Crippen LogP contribution in [0.4, 0.5) is 0 Å². The van der Waals surface area contributed by atoms with Crippen molar-refractivity contribution in [3.8, 4) is 10.4 Å². The number of carbonyl (C=O) groups is 1. The molecule has 0 spiro atoms. The minimum atomic E-state index is 0.195. The summed E-state index contributed by atoms with van der Waals surface area (Å²) >= 11 is 1.77. The number of hydrogen-bond donors (Lipinski definition) is 0. The number of allylic oxidation sites excluding steroid dienone is 1. The summed E-state index contributed by atoms with van der Waals surface area (Å²) in [6, 6.07) is 4.50. The smallest absolute Gasteiger partial charge is 0.136 e. The number of pyridine rings is 1. The maximum atomic E-state index is 12.7. The van der Waals surface area contributed by atoms with Crippen molar-refractivity contribution in [3.63, 3.8) is 0 Å². The minimum Gasteiger partial charge on any atom is -0.299 e. The summed E-state index contributed by atoms with van der Waals surface area (Å²) in [5, 5.41) is 2.18. The van der Waals surface area contributed by atoms with E-state index < -0.39 is 0 Å². The Hall–Kier alpha value is -1.74. The number of fused-ring (bicyclic) bond motifs is 1. The van der Waals surface area contributed by atoms with Crippen LogP contribution in [0.25, 0.3) is 16.5 Å². The number of nitrogens with zero attached hydrogens (tertiary/aromatic N) is 1. The van der Waals surface area contributed by atoms with Crippen LogP contribution in [0.3, 0.4) is 0 Å². The van der Waals surface area contributed by atoms with E-state index in [2.05, 4.69) is 57.4 Å². The van der Waals surface area contributed by atoms with E-state index in [-0.39, 0.29) is 5.92 Å². The summed E-state index contributed by atoms with van der Waals surface area (Å²) in [6.45, 7) is 8.56. The Bertz CT molecular complexity index is 802. The van der Waals surface area contributed by atoms with Crippen molar-refractivity contribution in [1.82, 2.24) is 4.98 Å². The molecule has 0 fully saturated rings. The van der Waals surface area contributed by atoms with Gasteiger partial charge < -0.3 is 0 Å². The molecule has 0 N–H and O–H groups in total. The monoisotopic (exact) mass is 367 g/mol. The predicted octanol–water partition coefficient (Wildman–Crippen LogP) is 6.34. The van der Waals surface area contributed by atoms with Crippen LogP contribution in [0, 0.1) is 24.7 Å². The van der Waals surface area contributed by atoms with Gasteiger partial charge in [0.2, 0.25) is 0 Å². The van der Waals surface area contributed by atoms with Gasteiger partial charge in [-0.25, -0.2) is 0 Å². The lowest BCUT2D eigenvalue weighted by Gasteiger charge is -2.20. The normalized spacial score (nSPS) is 17.8. The highest BCUT2D eigenvalue weighted by molar-refractivity contribution is 7.13. The Kier molecular flexibility index (Phi) is 6.08. The Labute approximate surface area is 161 Å². The van der Waals surface area contributed by atoms with E-state index in [1.807, 2.05) is 6.20 Å². The van der Waals surface area contributed by atoms with Crippen LogP contribution in [0.5, 0.6) is 0 Å². The van der Waals surface area contributed by atoms with E-state index in [9.17, 15) is 4.79 Å². The molecule has 0 aromatic carbocycles. The number of aryl methyl sites for hydroxylation is 2. The first-order valence-electron chi connectivity index (χ1n) is 9.73. The largest absolute Gasteiger partial charge is 0.299 e. The lowest BCUT2D eigenvalue weighted by Crippen LogP contribution is -2.21. The molecule has 1 aliphatic rings. The molecule has 0 bridgehead atoms. The van der Waals surface area contributed by atoms with E-state index in [0.717, 1.165) is 25.0 Å². The van der Waals surface area contributed by atoms with Crippen LogP contribution in [0.1, 0.15) is 56.9 Å². The van der Waals surface area contributed by atoms with E-state index >= 15 is 0 Å². The third-order valence-corrected chi connectivity index (χ3v) is 6.55. The Morgan fingerprint density at radius 1 is 1.35 bits per heavy atom. The van der Waals surface area contributed by atoms with Crippen LogP contribution in [-0.2, 0) is 11.2 Å². The third-order valence-electron chi connectivity index (χ3n) is 5.45. The SMILES string of the molecule is CCC(C(=O)CC1C=Cc2ncc(-c3cc(C)cs3)cc2CC1)C(C)C. The number of hydrogen-bond acceptors (Lipinski definition) is 3. The average molecular weight is 368 g/mol. The van der Waals surface area contributed by atoms with Gasteiger partial charge in [0.05, 0.1) is 5.69 Å². The molecule has 0 amide bonds. The summed E-state index contributed by atoms with van der Waals surface area (Å²) in [5.74, 6) is 1.38. The summed E-state index contributed by atoms with van der Waals surface area (Å²) in [5.41, 5.74) is 4.87. The Morgan fingerprint density at radius 2 is 2.15 bits per heavy atom. The van der Waals surface area contributed by atoms with Gasteiger partial charge >= 0.3 is 0 Å². The molecule has 138 valence electrons. The fraction of sp³-hybridized carbons (Fsp3) is 0.478. The van der Waals surface area contributed by atoms with Crippen molar-refractivity contribution in [2.45, 2.75) is 53.4 Å². The van der Waals surface area contributed by atoms with Gasteiger partial charge in [-0.15, -0.1) is 11.3 Å². The molecular weight excluding hydrogens is 338 g/mol. The van der Waals surface area contributed by atoms with Crippen molar-refractivity contribution in [1.29, 1.82) is 0 Å². The van der Waals surface area contributed by atoms with Crippen LogP contribution < -0.4 is 0 Å². The maximum Gasteiger partial charge on any atom is 0.136 e. The number of rotatable bonds is 6. The van der Waals surface area contributed by atoms with Gasteiger partial charge in [0.1, 0.15) is 5.78 Å². The first-order chi connectivity index (χ1) is 12.5. The molecule has 2 aromatic rings. The quantitative estimate of drug-likeness (QED) is 0.596. The summed E-state index contributed by atoms with van der Waals surface area (Å²) < 4.78 is 0. The molecule has 2 nitrogen and oxygen atoms in total. The molecule has 2 heterocycles. The first-order valence-corrected chi connectivity index (χ1v) is 10.6. The van der Waals surface area contributed by atoms with E-state index in [1.54, 1.807) is 11.3 Å². The van der Waals surface area contributed by atoms with Crippen molar-refractivity contribution < 1.29 is 4.79 Å². The molecule has 0 radical (unpaired) electrons. The van der Waals surface area contributed by atoms with Gasteiger partial charge in [0.25, 0.3) is 0 Å². The second-order valence-electron chi connectivity index (χ2n) is 7.84. The molecule has 3 heteroatoms. The van der Waals surface area contributed by atoms with Gasteiger partial charge in [-0.2, -0.15) is 0 Å². The molecule has 2 aromatic heterocycles. The molecule has 26 heavy (non-hydrogen) atoms. The standard InChI is InChI=1S/C23H29NOS/c1-5-20(15(2)3)22(25)11-17-6-8-18-12-19(13-24-21(18)9-7-17)23-10-16(4)14-26-23/h7,9-10,12-15,17,20H,5-6,8,11H2,1-4H3. The van der Waals surface area contributed by atoms with Gasteiger partial charge in [0.15, 0.2) is 0 Å². The van der Waals surface area contributed by atoms with Crippen LogP contribution in [-0.4, -0.2) is 10.8 Å². The molecule has 0 saturated carbocycles. The zero-order valence-corrected chi connectivity index (χ0v) is 17.1. The van der Waals surface area contributed by atoms with Gasteiger partial charge in [-0.05, 0) is 72.7 Å². The second kappa shape index (κ2) is 8.30. The zero-order chi connectivity index (χ0) is 18.7. The minimum absolute atomic E-state index is 0.195. The fourth-order valence-electron chi connectivity index (χ4n) is 3.90. The van der Waals surface area contributed by atoms with Crippen LogP contribution in [0.2, 0.25) is 0 Å². The van der Waals surface area contributed by atoms with E-state index in [0.29, 0.717) is 24.0 Å². The third kappa shape index (κ3) is 4.32. The summed E-state index contributed by atoms with van der Waals surface area (Å²) in [7, 11) is 0. The van der Waals surface area contributed by atoms with Crippen molar-refractivity contribution in [3.05, 3.63) is 46.6 Å². The Morgan fingerprint density at radius 3 is 2.81 bits per heavy atom. The maximum absolute atomic E-state index is 12.7. The topological polar surface area (TPSA) is 30.0 Å². The van der Waals surface area contributed by atoms with Gasteiger partial charge in [-0.3, -0.25) is 9.78 Å². The Balaban J connectivity index is 1.71. The van der Waals surface area contributed by atoms with Gasteiger partial charge in [-0.1, -0.05) is 26.8 Å². The molecule has 2 unspecified atom stereocenters. The predicted molar refractivity (Wildman–Crippen MR) is 111 cm³/mol. The summed E-state index contributed by atoms with van der Waals surface area (Å²) in [6.07, 6.45) is 9.93. The lowest BCUT2D eigenvalue weighted by molar-refractivity contribution is -0.124. The van der Waals surface area contributed by atoms with Crippen molar-refractivity contribution in [2.75, 3.05) is 0 Å². The molecule has 0 saturated heterocycles. The highest BCUT2D eigenvalue weighted by Crippen LogP contribution is 2.31. The molecular formula is C23H29NOS. The first kappa shape index (κ1) is 19.0. The highest BCUT2D eigenvalue weighted by Gasteiger charge is 2.23. The zero-order valence-electron chi connectivity index (χ0n) is 16.3. The summed E-state index contributed by atoms with van der Waals surface area (Å²) in [4.78, 5) is 18.6. The molecule has 2 atom stereocenters. The molecule has 1 aliphatic carbocycles. The second-order valence-corrected chi connectivity index (χ2v) is 8.75. The molecule has 0 aliphatic heterocycles. The van der Waals surface area contributed by atoms with Gasteiger partial charge in [0, 0.05) is 29.0 Å².